The van der Waals surface area contributed by atoms with Crippen molar-refractivity contribution in [1.82, 2.24) is 0 Å². The number of hydrogen-bond acceptors (Lipinski definition) is 0. The van der Waals surface area contributed by atoms with Gasteiger partial charge >= 0.3 is 56.0 Å². The van der Waals surface area contributed by atoms with Crippen LogP contribution in [-0.2, 0) is 22.1 Å². The van der Waals surface area contributed by atoms with Gasteiger partial charge in [-0.25, -0.2) is 0 Å². The number of rotatable bonds is 0. The van der Waals surface area contributed by atoms with Crippen molar-refractivity contribution in [2.45, 2.75) is 0 Å². The van der Waals surface area contributed by atoms with E-state index in [1.165, 1.54) is 0 Å². The van der Waals surface area contributed by atoms with E-state index >= 15 is 0 Å². The summed E-state index contributed by atoms with van der Waals surface area (Å²) in [5, 5.41) is 0. The van der Waals surface area contributed by atoms with Crippen LogP contribution in [0, 0.1) is 0 Å². The van der Waals surface area contributed by atoms with Gasteiger partial charge < -0.3 is 12.4 Å². The summed E-state index contributed by atoms with van der Waals surface area (Å²) >= 11 is -1.14. The van der Waals surface area contributed by atoms with Crippen LogP contribution >= 0.6 is 16.5 Å². The van der Waals surface area contributed by atoms with E-state index in [9.17, 15) is 0 Å². The predicted octanol–water partition coefficient (Wildman–Crippen LogP) is -2.00. The van der Waals surface area contributed by atoms with Crippen molar-refractivity contribution in [3.8, 4) is 0 Å². The molecular formula is AlCl3Hg+2. The Morgan fingerprint density at radius 2 is 1.20 bits per heavy atom. The summed E-state index contributed by atoms with van der Waals surface area (Å²) in [6.45, 7) is 0. The summed E-state index contributed by atoms with van der Waals surface area (Å²) in [6.07, 6.45) is 0. The second-order valence-corrected chi connectivity index (χ2v) is 7.98. The van der Waals surface area contributed by atoms with Crippen LogP contribution in [0.3, 0.4) is 0 Å². The average Bonchev–Trinajstić information content (AvgIpc) is 0.918. The molecule has 0 bridgehead atoms. The fourth-order valence-corrected chi connectivity index (χ4v) is 0. The zero-order chi connectivity index (χ0) is 2.71. The Kier molecular flexibility index (Phi) is 50.8. The maximum atomic E-state index is 4.99. The van der Waals surface area contributed by atoms with Crippen LogP contribution < -0.4 is 12.4 Å². The van der Waals surface area contributed by atoms with Gasteiger partial charge in [0.1, 0.15) is 0 Å². The standard InChI is InChI=1S/Al.3ClH.Hg/h;3*1H;/q+3;;;;+2/p-3. The van der Waals surface area contributed by atoms with Crippen LogP contribution in [0.15, 0.2) is 0 Å². The van der Waals surface area contributed by atoms with Gasteiger partial charge in [-0.15, -0.1) is 0 Å². The van der Waals surface area contributed by atoms with Gasteiger partial charge in [-0.3, -0.25) is 0 Å². The van der Waals surface area contributed by atoms with Crippen molar-refractivity contribution in [1.29, 1.82) is 0 Å². The number of hydrogen-bond donors (Lipinski definition) is 0. The molecule has 0 aromatic rings. The minimum atomic E-state index is -1.14. The first-order chi connectivity index (χ1) is 1.41. The van der Waals surface area contributed by atoms with E-state index in [1.54, 1.807) is 0 Å². The first-order valence-corrected chi connectivity index (χ1v) is 14.1. The van der Waals surface area contributed by atoms with E-state index in [1.807, 2.05) is 0 Å². The summed E-state index contributed by atoms with van der Waals surface area (Å²) < 4.78 is 0. The molecule has 0 aliphatic carbocycles. The third kappa shape index (κ3) is 21.8. The Morgan fingerprint density at radius 3 is 1.20 bits per heavy atom. The van der Waals surface area contributed by atoms with Crippen molar-refractivity contribution in [2.75, 3.05) is 0 Å². The summed E-state index contributed by atoms with van der Waals surface area (Å²) in [4.78, 5) is 0. The Labute approximate surface area is 67.5 Å². The van der Waals surface area contributed by atoms with E-state index < -0.39 is 22.1 Å². The van der Waals surface area contributed by atoms with Crippen LogP contribution in [0.5, 0.6) is 0 Å². The molecule has 0 radical (unpaired) electrons. The van der Waals surface area contributed by atoms with Crippen LogP contribution in [-0.4, -0.2) is 17.4 Å². The molecule has 0 aliphatic heterocycles. The molecule has 0 heterocycles. The topological polar surface area (TPSA) is 0 Å². The first-order valence-electron chi connectivity index (χ1n) is 0.535. The van der Waals surface area contributed by atoms with Gasteiger partial charge in [-0.2, -0.15) is 0 Å². The third-order valence-electron chi connectivity index (χ3n) is 0. The molecular weight excluding hydrogens is 334 g/mol. The van der Waals surface area contributed by atoms with Crippen LogP contribution in [0.25, 0.3) is 0 Å². The SMILES string of the molecule is [Al+3].[Cl-].[Cl][Hg][Cl]. The Hall–Kier alpha value is 2.34. The zero-order valence-corrected chi connectivity index (χ0v) is 11.3. The Bertz CT molecular complexity index is 6.85. The normalized spacial score (nSPS) is 2.00. The molecule has 0 aliphatic rings. The molecule has 5 heteroatoms. The van der Waals surface area contributed by atoms with Crippen LogP contribution in [0.2, 0.25) is 0 Å². The van der Waals surface area contributed by atoms with Gasteiger partial charge in [0.05, 0.1) is 0 Å². The van der Waals surface area contributed by atoms with Crippen LogP contribution in [0.4, 0.5) is 0 Å². The monoisotopic (exact) mass is 334 g/mol. The van der Waals surface area contributed by atoms with Crippen LogP contribution in [0.1, 0.15) is 0 Å². The molecule has 0 saturated heterocycles. The van der Waals surface area contributed by atoms with E-state index in [-0.39, 0.29) is 29.8 Å². The summed E-state index contributed by atoms with van der Waals surface area (Å²) in [5.74, 6) is 0. The van der Waals surface area contributed by atoms with Gasteiger partial charge in [0.2, 0.25) is 0 Å². The van der Waals surface area contributed by atoms with E-state index in [0.717, 1.165) is 0 Å². The van der Waals surface area contributed by atoms with Gasteiger partial charge in [-0.05, 0) is 0 Å². The third-order valence-corrected chi connectivity index (χ3v) is 0. The molecule has 0 rings (SSSR count). The van der Waals surface area contributed by atoms with Gasteiger partial charge in [0, 0.05) is 0 Å². The average molecular weight is 334 g/mol. The second kappa shape index (κ2) is 16.2. The second-order valence-electron chi connectivity index (χ2n) is 0.101. The summed E-state index contributed by atoms with van der Waals surface area (Å²) in [7, 11) is 9.97. The predicted molar refractivity (Wildman–Crippen MR) is 17.5 cm³/mol. The fraction of sp³-hybridized carbons (Fsp3) is 0. The molecule has 0 saturated carbocycles. The molecule has 0 atom stereocenters. The fourth-order valence-electron chi connectivity index (χ4n) is 0. The van der Waals surface area contributed by atoms with Crippen molar-refractivity contribution < 1.29 is 34.5 Å². The maximum absolute atomic E-state index is 4.99. The minimum absolute atomic E-state index is 0. The van der Waals surface area contributed by atoms with E-state index in [2.05, 4.69) is 0 Å². The first kappa shape index (κ1) is 15.7. The van der Waals surface area contributed by atoms with Crippen molar-refractivity contribution in [2.24, 2.45) is 0 Å². The molecule has 0 spiro atoms. The zero-order valence-electron chi connectivity index (χ0n) is 2.42. The molecule has 0 aromatic carbocycles. The van der Waals surface area contributed by atoms with Gasteiger partial charge in [0.25, 0.3) is 0 Å². The van der Waals surface area contributed by atoms with E-state index in [0.29, 0.717) is 0 Å². The van der Waals surface area contributed by atoms with Crippen molar-refractivity contribution in [3.63, 3.8) is 0 Å². The molecule has 0 unspecified atom stereocenters. The van der Waals surface area contributed by atoms with Gasteiger partial charge in [0.15, 0.2) is 0 Å². The summed E-state index contributed by atoms with van der Waals surface area (Å²) in [5.41, 5.74) is 0. The molecule has 0 amide bonds. The Balaban J connectivity index is -0.0000000200. The van der Waals surface area contributed by atoms with Crippen molar-refractivity contribution in [3.05, 3.63) is 0 Å². The van der Waals surface area contributed by atoms with E-state index in [4.69, 9.17) is 16.5 Å². The Morgan fingerprint density at radius 1 is 1.20 bits per heavy atom. The number of halogens is 3. The molecule has 24 valence electrons. The van der Waals surface area contributed by atoms with Gasteiger partial charge in [-0.1, -0.05) is 0 Å². The quantitative estimate of drug-likeness (QED) is 0.450. The molecule has 0 aromatic heterocycles. The molecule has 5 heavy (non-hydrogen) atoms. The molecule has 0 fully saturated rings. The molecule has 0 nitrogen and oxygen atoms in total. The summed E-state index contributed by atoms with van der Waals surface area (Å²) in [6, 6.07) is 0. The van der Waals surface area contributed by atoms with Crippen molar-refractivity contribution >= 4 is 33.9 Å². The molecule has 0 N–H and O–H groups in total.